The third kappa shape index (κ3) is 9.00. The predicted octanol–water partition coefficient (Wildman–Crippen LogP) is 4.85. The maximum atomic E-state index is 13.2. The lowest BCUT2D eigenvalue weighted by atomic mass is 9.86. The molecule has 1 aliphatic carbocycles. The number of imidazole rings is 1. The van der Waals surface area contributed by atoms with Gasteiger partial charge in [0.15, 0.2) is 23.6 Å². The van der Waals surface area contributed by atoms with Crippen molar-refractivity contribution in [3.63, 3.8) is 0 Å². The topological polar surface area (TPSA) is 204 Å². The number of likely N-dealkylation sites (tertiary alicyclic amines) is 1. The number of benzene rings is 3. The number of fused-ring (bicyclic) bond motifs is 2. The number of ether oxygens (including phenoxy) is 1. The van der Waals surface area contributed by atoms with Gasteiger partial charge < -0.3 is 29.7 Å². The van der Waals surface area contributed by atoms with Gasteiger partial charge in [0.25, 0.3) is 23.6 Å². The number of carbonyl (C=O) groups is 6. The monoisotopic (exact) mass is 947 g/mol. The Morgan fingerprint density at radius 1 is 0.821 bits per heavy atom. The van der Waals surface area contributed by atoms with Crippen molar-refractivity contribution >= 4 is 87.0 Å². The van der Waals surface area contributed by atoms with Crippen molar-refractivity contribution < 1.29 is 33.5 Å². The summed E-state index contributed by atoms with van der Waals surface area (Å²) in [4.78, 5) is 97.5. The largest absolute Gasteiger partial charge is 0.484 e. The number of hydrogen-bond donors (Lipinski definition) is 3. The fourth-order valence-electron chi connectivity index (χ4n) is 9.70. The Labute approximate surface area is 394 Å². The Balaban J connectivity index is 0.649. The Kier molecular flexibility index (Phi) is 12.3. The standard InChI is InChI=1S/C47H47Cl2N11O7/c48-35-2-1-3-36(49)40(35)45(64)54-29-20-31(21-29)59-26-52-41-42(50-25-51-43(41)59)53-28-4-6-30(7-5-28)57-18-16-56(17-19-57)23-27-12-14-58(15-13-27)39(62)24-67-32-8-9-33-34(22-32)47(66)60(46(33)65)37-10-11-38(61)55-44(37)63/h1-9,22,25-27,29,31,37H,10-21,23-24H2,(H,54,64)(H,50,51,53)(H,55,61,63). The van der Waals surface area contributed by atoms with Gasteiger partial charge in [-0.1, -0.05) is 29.3 Å². The van der Waals surface area contributed by atoms with E-state index in [0.717, 1.165) is 80.3 Å². The lowest BCUT2D eigenvalue weighted by molar-refractivity contribution is -0.136. The van der Waals surface area contributed by atoms with E-state index in [4.69, 9.17) is 27.9 Å². The summed E-state index contributed by atoms with van der Waals surface area (Å²) in [5.41, 5.74) is 3.96. The van der Waals surface area contributed by atoms with Crippen molar-refractivity contribution in [1.29, 1.82) is 0 Å². The molecule has 2 aromatic heterocycles. The van der Waals surface area contributed by atoms with Gasteiger partial charge in [-0.25, -0.2) is 15.0 Å². The first-order valence-corrected chi connectivity index (χ1v) is 23.3. The first kappa shape index (κ1) is 44.2. The number of carbonyl (C=O) groups excluding carboxylic acids is 6. The summed E-state index contributed by atoms with van der Waals surface area (Å²) in [5, 5.41) is 9.29. The molecule has 1 saturated carbocycles. The molecule has 20 heteroatoms. The van der Waals surface area contributed by atoms with Gasteiger partial charge in [0.05, 0.1) is 33.1 Å². The summed E-state index contributed by atoms with van der Waals surface area (Å²) in [6.45, 7) is 5.75. The van der Waals surface area contributed by atoms with Crippen LogP contribution in [0.3, 0.4) is 0 Å². The number of piperidine rings is 2. The summed E-state index contributed by atoms with van der Waals surface area (Å²) in [7, 11) is 0. The fourth-order valence-corrected chi connectivity index (χ4v) is 10.3. The molecular weight excluding hydrogens is 901 g/mol. The number of piperazine rings is 1. The quantitative estimate of drug-likeness (QED) is 0.143. The first-order chi connectivity index (χ1) is 32.5. The second-order valence-corrected chi connectivity index (χ2v) is 18.5. The molecule has 6 amide bonds. The van der Waals surface area contributed by atoms with E-state index in [9.17, 15) is 28.8 Å². The van der Waals surface area contributed by atoms with Crippen LogP contribution in [-0.4, -0.2) is 134 Å². The smallest absolute Gasteiger partial charge is 0.262 e. The zero-order valence-electron chi connectivity index (χ0n) is 36.3. The van der Waals surface area contributed by atoms with E-state index < -0.39 is 29.7 Å². The molecule has 0 bridgehead atoms. The van der Waals surface area contributed by atoms with Crippen molar-refractivity contribution in [3.05, 3.63) is 100 Å². The van der Waals surface area contributed by atoms with Crippen LogP contribution in [0.25, 0.3) is 11.2 Å². The molecule has 346 valence electrons. The zero-order chi connectivity index (χ0) is 46.3. The molecule has 3 aromatic carbocycles. The Bertz CT molecular complexity index is 2760. The molecule has 3 N–H and O–H groups in total. The van der Waals surface area contributed by atoms with E-state index in [0.29, 0.717) is 40.4 Å². The number of rotatable bonds is 12. The number of anilines is 3. The SMILES string of the molecule is O=C1CCC(N2C(=O)c3ccc(OCC(=O)N4CCC(CN5CCN(c6ccc(Nc7ncnc8c7ncn8C7CC(NC(=O)c8c(Cl)cccc8Cl)C7)cc6)CC5)CC4)cc3C2=O)C(=O)N1. The number of imide groups is 2. The maximum absolute atomic E-state index is 13.2. The second kappa shape index (κ2) is 18.6. The summed E-state index contributed by atoms with van der Waals surface area (Å²) >= 11 is 12.5. The van der Waals surface area contributed by atoms with Crippen molar-refractivity contribution in [3.8, 4) is 5.75 Å². The van der Waals surface area contributed by atoms with Crippen LogP contribution < -0.4 is 25.6 Å². The molecule has 1 unspecified atom stereocenters. The summed E-state index contributed by atoms with van der Waals surface area (Å²) in [5.74, 6) is -1.39. The van der Waals surface area contributed by atoms with Gasteiger partial charge in [0.1, 0.15) is 18.1 Å². The lowest BCUT2D eigenvalue weighted by Gasteiger charge is -2.39. The highest BCUT2D eigenvalue weighted by Gasteiger charge is 2.45. The third-order valence-electron chi connectivity index (χ3n) is 13.5. The van der Waals surface area contributed by atoms with Gasteiger partial charge >= 0.3 is 0 Å². The van der Waals surface area contributed by atoms with Gasteiger partial charge in [0.2, 0.25) is 11.8 Å². The Morgan fingerprint density at radius 3 is 2.28 bits per heavy atom. The van der Waals surface area contributed by atoms with E-state index in [-0.39, 0.29) is 65.8 Å². The predicted molar refractivity (Wildman–Crippen MR) is 248 cm³/mol. The van der Waals surface area contributed by atoms with E-state index >= 15 is 0 Å². The van der Waals surface area contributed by atoms with Gasteiger partial charge in [-0.15, -0.1) is 0 Å². The number of nitrogens with one attached hydrogen (secondary N) is 3. The molecule has 6 heterocycles. The highest BCUT2D eigenvalue weighted by atomic mass is 35.5. The highest BCUT2D eigenvalue weighted by Crippen LogP contribution is 2.37. The van der Waals surface area contributed by atoms with Crippen molar-refractivity contribution in [1.82, 2.24) is 44.9 Å². The highest BCUT2D eigenvalue weighted by molar-refractivity contribution is 6.39. The molecule has 10 rings (SSSR count). The molecule has 67 heavy (non-hydrogen) atoms. The first-order valence-electron chi connectivity index (χ1n) is 22.5. The third-order valence-corrected chi connectivity index (χ3v) is 14.1. The minimum absolute atomic E-state index is 0.0249. The lowest BCUT2D eigenvalue weighted by Crippen LogP contribution is -2.54. The second-order valence-electron chi connectivity index (χ2n) is 17.7. The number of nitrogens with zero attached hydrogens (tertiary/aromatic N) is 8. The summed E-state index contributed by atoms with van der Waals surface area (Å²) in [6.07, 6.45) is 6.65. The van der Waals surface area contributed by atoms with E-state index in [2.05, 4.69) is 52.8 Å². The van der Waals surface area contributed by atoms with Crippen LogP contribution in [-0.2, 0) is 14.4 Å². The summed E-state index contributed by atoms with van der Waals surface area (Å²) < 4.78 is 7.83. The molecule has 1 atom stereocenters. The number of amides is 6. The van der Waals surface area contributed by atoms with Crippen molar-refractivity contribution in [2.75, 3.05) is 62.6 Å². The van der Waals surface area contributed by atoms with Crippen LogP contribution >= 0.6 is 23.2 Å². The van der Waals surface area contributed by atoms with Crippen molar-refractivity contribution in [2.45, 2.75) is 56.7 Å². The van der Waals surface area contributed by atoms with Gasteiger partial charge in [0, 0.05) is 75.7 Å². The molecule has 0 radical (unpaired) electrons. The normalized spacial score (nSPS) is 21.3. The molecule has 5 aliphatic rings. The minimum Gasteiger partial charge on any atom is -0.484 e. The van der Waals surface area contributed by atoms with Crippen LogP contribution in [0.1, 0.15) is 75.6 Å². The summed E-state index contributed by atoms with van der Waals surface area (Å²) in [6, 6.07) is 16.8. The Morgan fingerprint density at radius 2 is 1.55 bits per heavy atom. The average Bonchev–Trinajstić information content (AvgIpc) is 3.85. The van der Waals surface area contributed by atoms with Crippen LogP contribution in [0, 0.1) is 5.92 Å². The molecule has 3 saturated heterocycles. The molecule has 0 spiro atoms. The minimum atomic E-state index is -1.05. The van der Waals surface area contributed by atoms with Gasteiger partial charge in [-0.3, -0.25) is 43.9 Å². The fraction of sp³-hybridized carbons (Fsp3) is 0.383. The van der Waals surface area contributed by atoms with E-state index in [1.54, 1.807) is 30.6 Å². The van der Waals surface area contributed by atoms with Gasteiger partial charge in [-0.2, -0.15) is 0 Å². The zero-order valence-corrected chi connectivity index (χ0v) is 37.8. The molecule has 4 fully saturated rings. The van der Waals surface area contributed by atoms with Crippen LogP contribution in [0.4, 0.5) is 17.2 Å². The molecular formula is C47H47Cl2N11O7. The number of halogens is 2. The molecule has 4 aliphatic heterocycles. The number of aromatic nitrogens is 4. The Hall–Kier alpha value is -6.63. The molecule has 5 aromatic rings. The van der Waals surface area contributed by atoms with Crippen LogP contribution in [0.5, 0.6) is 5.75 Å². The maximum Gasteiger partial charge on any atom is 0.262 e. The van der Waals surface area contributed by atoms with Crippen LogP contribution in [0.15, 0.2) is 73.3 Å². The van der Waals surface area contributed by atoms with Crippen molar-refractivity contribution in [2.24, 2.45) is 5.92 Å². The number of hydrogen-bond acceptors (Lipinski definition) is 13. The van der Waals surface area contributed by atoms with Gasteiger partial charge in [-0.05, 0) is 92.6 Å². The van der Waals surface area contributed by atoms with Crippen LogP contribution in [0.2, 0.25) is 10.0 Å². The van der Waals surface area contributed by atoms with E-state index in [1.165, 1.54) is 18.5 Å². The molecule has 18 nitrogen and oxygen atoms in total. The average molecular weight is 949 g/mol. The van der Waals surface area contributed by atoms with E-state index in [1.807, 2.05) is 21.6 Å².